The number of anilines is 3. The van der Waals surface area contributed by atoms with E-state index in [0.29, 0.717) is 40.7 Å². The average Bonchev–Trinajstić information content (AvgIpc) is 2.60. The van der Waals surface area contributed by atoms with Gasteiger partial charge in [0.25, 0.3) is 0 Å². The van der Waals surface area contributed by atoms with Gasteiger partial charge < -0.3 is 24.8 Å². The molecule has 1 heterocycles. The van der Waals surface area contributed by atoms with Gasteiger partial charge in [-0.3, -0.25) is 0 Å². The van der Waals surface area contributed by atoms with Crippen molar-refractivity contribution in [3.63, 3.8) is 0 Å². The molecular weight excluding hydrogens is 310 g/mol. The lowest BCUT2D eigenvalue weighted by atomic mass is 10.2. The Morgan fingerprint density at radius 2 is 1.75 bits per heavy atom. The maximum absolute atomic E-state index is 5.33. The van der Waals surface area contributed by atoms with E-state index in [1.807, 2.05) is 0 Å². The molecule has 0 aliphatic heterocycles. The lowest BCUT2D eigenvalue weighted by molar-refractivity contribution is 0.324. The monoisotopic (exact) mass is 333 g/mol. The summed E-state index contributed by atoms with van der Waals surface area (Å²) in [6, 6.07) is 3.86. The Morgan fingerprint density at radius 1 is 1.08 bits per heavy atom. The molecule has 0 saturated carbocycles. The van der Waals surface area contributed by atoms with Crippen molar-refractivity contribution in [3.05, 3.63) is 18.3 Å². The van der Waals surface area contributed by atoms with Crippen molar-refractivity contribution in [2.24, 2.45) is 0 Å². The lowest BCUT2D eigenvalue weighted by Crippen LogP contribution is -2.15. The highest BCUT2D eigenvalue weighted by Gasteiger charge is 2.14. The molecule has 8 nitrogen and oxygen atoms in total. The molecule has 0 spiro atoms. The van der Waals surface area contributed by atoms with Crippen LogP contribution in [-0.4, -0.2) is 42.6 Å². The van der Waals surface area contributed by atoms with Crippen LogP contribution in [0.25, 0.3) is 0 Å². The van der Waals surface area contributed by atoms with Crippen LogP contribution in [-0.2, 0) is 0 Å². The number of nitrogens with one attached hydrogen (secondary N) is 2. The Hall–Kier alpha value is -2.77. The predicted octanol–water partition coefficient (Wildman–Crippen LogP) is 2.85. The van der Waals surface area contributed by atoms with Gasteiger partial charge in [0.1, 0.15) is 0 Å². The zero-order chi connectivity index (χ0) is 17.5. The fourth-order valence-electron chi connectivity index (χ4n) is 2.06. The van der Waals surface area contributed by atoms with Gasteiger partial charge >= 0.3 is 0 Å². The van der Waals surface area contributed by atoms with Crippen molar-refractivity contribution >= 4 is 17.5 Å². The molecule has 0 aliphatic carbocycles. The van der Waals surface area contributed by atoms with Gasteiger partial charge in [0, 0.05) is 23.9 Å². The Labute approximate surface area is 141 Å². The number of aromatic nitrogens is 3. The van der Waals surface area contributed by atoms with E-state index in [4.69, 9.17) is 14.2 Å². The number of methoxy groups -OCH3 is 3. The first-order valence-electron chi connectivity index (χ1n) is 7.64. The van der Waals surface area contributed by atoms with Crippen LogP contribution in [0.5, 0.6) is 17.2 Å². The molecular formula is C16H23N5O3. The fourth-order valence-corrected chi connectivity index (χ4v) is 2.06. The van der Waals surface area contributed by atoms with Gasteiger partial charge in [-0.05, 0) is 13.3 Å². The van der Waals surface area contributed by atoms with Crippen LogP contribution >= 0.6 is 0 Å². The predicted molar refractivity (Wildman–Crippen MR) is 92.6 cm³/mol. The smallest absolute Gasteiger partial charge is 0.249 e. The van der Waals surface area contributed by atoms with Crippen molar-refractivity contribution in [2.75, 3.05) is 32.0 Å². The molecule has 2 aromatic rings. The van der Waals surface area contributed by atoms with Crippen LogP contribution in [0, 0.1) is 0 Å². The first kappa shape index (κ1) is 17.6. The van der Waals surface area contributed by atoms with Gasteiger partial charge in [0.2, 0.25) is 11.7 Å². The topological polar surface area (TPSA) is 90.4 Å². The molecule has 1 aromatic carbocycles. The van der Waals surface area contributed by atoms with Gasteiger partial charge in [-0.15, -0.1) is 5.10 Å². The second-order valence-electron chi connectivity index (χ2n) is 5.16. The van der Waals surface area contributed by atoms with Crippen molar-refractivity contribution < 1.29 is 14.2 Å². The zero-order valence-corrected chi connectivity index (χ0v) is 14.6. The van der Waals surface area contributed by atoms with Crippen LogP contribution in [0.15, 0.2) is 18.3 Å². The molecule has 0 fully saturated rings. The maximum Gasteiger partial charge on any atom is 0.249 e. The third-order valence-electron chi connectivity index (χ3n) is 3.49. The SMILES string of the molecule is CCC(C)Nc1cnnc(Nc2cc(OC)c(OC)c(OC)c2)n1. The number of benzene rings is 1. The van der Waals surface area contributed by atoms with E-state index in [1.165, 1.54) is 0 Å². The molecule has 1 atom stereocenters. The minimum absolute atomic E-state index is 0.302. The summed E-state index contributed by atoms with van der Waals surface area (Å²) < 4.78 is 16.0. The maximum atomic E-state index is 5.33. The largest absolute Gasteiger partial charge is 0.493 e. The molecule has 0 saturated heterocycles. The van der Waals surface area contributed by atoms with Crippen LogP contribution in [0.4, 0.5) is 17.5 Å². The Bertz CT molecular complexity index is 656. The highest BCUT2D eigenvalue weighted by atomic mass is 16.5. The molecule has 24 heavy (non-hydrogen) atoms. The highest BCUT2D eigenvalue weighted by Crippen LogP contribution is 2.40. The number of ether oxygens (including phenoxy) is 3. The second kappa shape index (κ2) is 8.19. The normalized spacial score (nSPS) is 11.5. The average molecular weight is 333 g/mol. The summed E-state index contributed by atoms with van der Waals surface area (Å²) in [5.74, 6) is 2.64. The van der Waals surface area contributed by atoms with Crippen molar-refractivity contribution in [1.29, 1.82) is 0 Å². The van der Waals surface area contributed by atoms with Crippen molar-refractivity contribution in [1.82, 2.24) is 15.2 Å². The summed E-state index contributed by atoms with van der Waals surface area (Å²) in [4.78, 5) is 4.40. The molecule has 0 amide bonds. The fraction of sp³-hybridized carbons (Fsp3) is 0.438. The van der Waals surface area contributed by atoms with Crippen LogP contribution in [0.2, 0.25) is 0 Å². The van der Waals surface area contributed by atoms with Gasteiger partial charge in [-0.2, -0.15) is 10.1 Å². The summed E-state index contributed by atoms with van der Waals surface area (Å²) in [6.45, 7) is 4.18. The van der Waals surface area contributed by atoms with E-state index >= 15 is 0 Å². The minimum atomic E-state index is 0.302. The number of rotatable bonds is 8. The summed E-state index contributed by atoms with van der Waals surface area (Å²) in [7, 11) is 4.69. The standard InChI is InChI=1S/C16H23N5O3/c1-6-10(2)18-14-9-17-21-16(20-14)19-11-7-12(22-3)15(24-5)13(8-11)23-4/h7-10H,6H2,1-5H3,(H2,18,19,20,21). The molecule has 8 heteroatoms. The van der Waals surface area contributed by atoms with Gasteiger partial charge in [0.05, 0.1) is 27.5 Å². The molecule has 1 unspecified atom stereocenters. The van der Waals surface area contributed by atoms with Gasteiger partial charge in [0.15, 0.2) is 17.3 Å². The van der Waals surface area contributed by atoms with Gasteiger partial charge in [-0.25, -0.2) is 0 Å². The first-order valence-corrected chi connectivity index (χ1v) is 7.64. The summed E-state index contributed by atoms with van der Waals surface area (Å²) >= 11 is 0. The first-order chi connectivity index (χ1) is 11.6. The van der Waals surface area contributed by atoms with E-state index < -0.39 is 0 Å². The summed E-state index contributed by atoms with van der Waals surface area (Å²) in [5, 5.41) is 14.3. The Balaban J connectivity index is 2.26. The van der Waals surface area contributed by atoms with Crippen molar-refractivity contribution in [3.8, 4) is 17.2 Å². The van der Waals surface area contributed by atoms with Crippen LogP contribution < -0.4 is 24.8 Å². The van der Waals surface area contributed by atoms with Crippen LogP contribution in [0.1, 0.15) is 20.3 Å². The number of hydrogen-bond acceptors (Lipinski definition) is 8. The van der Waals surface area contributed by atoms with E-state index in [1.54, 1.807) is 39.7 Å². The number of hydrogen-bond donors (Lipinski definition) is 2. The molecule has 0 aliphatic rings. The zero-order valence-electron chi connectivity index (χ0n) is 14.6. The third-order valence-corrected chi connectivity index (χ3v) is 3.49. The molecule has 2 rings (SSSR count). The molecule has 0 bridgehead atoms. The highest BCUT2D eigenvalue weighted by molar-refractivity contribution is 5.65. The van der Waals surface area contributed by atoms with Crippen molar-refractivity contribution in [2.45, 2.75) is 26.3 Å². The Morgan fingerprint density at radius 3 is 2.29 bits per heavy atom. The van der Waals surface area contributed by atoms with E-state index in [0.717, 1.165) is 6.42 Å². The molecule has 0 radical (unpaired) electrons. The molecule has 2 N–H and O–H groups in total. The summed E-state index contributed by atoms with van der Waals surface area (Å²) in [5.41, 5.74) is 0.701. The van der Waals surface area contributed by atoms with E-state index in [2.05, 4.69) is 39.7 Å². The number of nitrogens with zero attached hydrogens (tertiary/aromatic N) is 3. The van der Waals surface area contributed by atoms with Gasteiger partial charge in [-0.1, -0.05) is 6.92 Å². The van der Waals surface area contributed by atoms with E-state index in [-0.39, 0.29) is 0 Å². The van der Waals surface area contributed by atoms with E-state index in [9.17, 15) is 0 Å². The minimum Gasteiger partial charge on any atom is -0.493 e. The van der Waals surface area contributed by atoms with Crippen LogP contribution in [0.3, 0.4) is 0 Å². The third kappa shape index (κ3) is 4.15. The molecule has 130 valence electrons. The lowest BCUT2D eigenvalue weighted by Gasteiger charge is -2.15. The molecule has 1 aromatic heterocycles. The Kier molecular flexibility index (Phi) is 6.00. The second-order valence-corrected chi connectivity index (χ2v) is 5.16. The summed E-state index contributed by atoms with van der Waals surface area (Å²) in [6.07, 6.45) is 2.58. The quantitative estimate of drug-likeness (QED) is 0.762.